The molecule has 2 aromatic rings. The second kappa shape index (κ2) is 7.11. The Hall–Kier alpha value is -1.30. The van der Waals surface area contributed by atoms with Gasteiger partial charge < -0.3 is 10.4 Å². The summed E-state index contributed by atoms with van der Waals surface area (Å²) in [5.41, 5.74) is 2.05. The van der Waals surface area contributed by atoms with Crippen molar-refractivity contribution in [2.75, 3.05) is 6.61 Å². The SMILES string of the molecule is CC(C)(C)C(CCO)NCc1csc(-c2ccccn2)n1. The van der Waals surface area contributed by atoms with Gasteiger partial charge in [-0.25, -0.2) is 4.98 Å². The summed E-state index contributed by atoms with van der Waals surface area (Å²) in [6.07, 6.45) is 2.53. The monoisotopic (exact) mass is 305 g/mol. The van der Waals surface area contributed by atoms with Gasteiger partial charge in [0.05, 0.1) is 11.4 Å². The van der Waals surface area contributed by atoms with Crippen LogP contribution in [-0.2, 0) is 6.54 Å². The molecule has 0 amide bonds. The molecule has 0 saturated carbocycles. The molecule has 1 unspecified atom stereocenters. The molecular weight excluding hydrogens is 282 g/mol. The van der Waals surface area contributed by atoms with Crippen molar-refractivity contribution in [3.63, 3.8) is 0 Å². The minimum Gasteiger partial charge on any atom is -0.396 e. The number of pyridine rings is 1. The van der Waals surface area contributed by atoms with Gasteiger partial charge in [-0.3, -0.25) is 4.98 Å². The number of aliphatic hydroxyl groups excluding tert-OH is 1. The molecular formula is C16H23N3OS. The number of nitrogens with zero attached hydrogens (tertiary/aromatic N) is 2. The maximum atomic E-state index is 9.19. The van der Waals surface area contributed by atoms with Gasteiger partial charge in [0, 0.05) is 30.8 Å². The summed E-state index contributed by atoms with van der Waals surface area (Å²) in [5, 5.41) is 15.7. The average Bonchev–Trinajstić information content (AvgIpc) is 2.92. The van der Waals surface area contributed by atoms with Gasteiger partial charge in [0.2, 0.25) is 0 Å². The fourth-order valence-electron chi connectivity index (χ4n) is 2.19. The van der Waals surface area contributed by atoms with Crippen LogP contribution < -0.4 is 5.32 Å². The number of aromatic nitrogens is 2. The highest BCUT2D eigenvalue weighted by Gasteiger charge is 2.23. The van der Waals surface area contributed by atoms with Gasteiger partial charge in [0.1, 0.15) is 5.01 Å². The first-order chi connectivity index (χ1) is 10.0. The molecule has 0 radical (unpaired) electrons. The highest BCUT2D eigenvalue weighted by atomic mass is 32.1. The zero-order valence-corrected chi connectivity index (χ0v) is 13.7. The molecule has 2 rings (SSSR count). The van der Waals surface area contributed by atoms with Gasteiger partial charge >= 0.3 is 0 Å². The van der Waals surface area contributed by atoms with Gasteiger partial charge in [0.25, 0.3) is 0 Å². The third-order valence-electron chi connectivity index (χ3n) is 3.43. The Morgan fingerprint density at radius 1 is 1.33 bits per heavy atom. The van der Waals surface area contributed by atoms with Crippen LogP contribution in [0.15, 0.2) is 29.8 Å². The van der Waals surface area contributed by atoms with E-state index in [1.54, 1.807) is 17.5 Å². The smallest absolute Gasteiger partial charge is 0.142 e. The summed E-state index contributed by atoms with van der Waals surface area (Å²) >= 11 is 1.61. The van der Waals surface area contributed by atoms with Crippen LogP contribution >= 0.6 is 11.3 Å². The molecule has 0 aromatic carbocycles. The van der Waals surface area contributed by atoms with Crippen molar-refractivity contribution in [2.45, 2.75) is 39.8 Å². The number of nitrogens with one attached hydrogen (secondary N) is 1. The third kappa shape index (κ3) is 4.59. The summed E-state index contributed by atoms with van der Waals surface area (Å²) in [5.74, 6) is 0. The van der Waals surface area contributed by atoms with Gasteiger partial charge in [-0.1, -0.05) is 26.8 Å². The van der Waals surface area contributed by atoms with Crippen molar-refractivity contribution in [3.05, 3.63) is 35.5 Å². The molecule has 0 aliphatic rings. The van der Waals surface area contributed by atoms with E-state index in [0.29, 0.717) is 6.54 Å². The van der Waals surface area contributed by atoms with E-state index in [-0.39, 0.29) is 18.1 Å². The molecule has 2 aromatic heterocycles. The molecule has 114 valence electrons. The molecule has 4 nitrogen and oxygen atoms in total. The highest BCUT2D eigenvalue weighted by molar-refractivity contribution is 7.13. The van der Waals surface area contributed by atoms with Crippen LogP contribution in [0, 0.1) is 5.41 Å². The minimum absolute atomic E-state index is 0.114. The molecule has 1 atom stereocenters. The fraction of sp³-hybridized carbons (Fsp3) is 0.500. The van der Waals surface area contributed by atoms with Crippen LogP contribution in [0.5, 0.6) is 0 Å². The Balaban J connectivity index is 1.99. The fourth-order valence-corrected chi connectivity index (χ4v) is 2.99. The molecule has 0 saturated heterocycles. The second-order valence-electron chi connectivity index (χ2n) is 6.17. The predicted octanol–water partition coefficient (Wildman–Crippen LogP) is 3.09. The zero-order valence-electron chi connectivity index (χ0n) is 12.8. The topological polar surface area (TPSA) is 58.0 Å². The molecule has 21 heavy (non-hydrogen) atoms. The van der Waals surface area contributed by atoms with Crippen molar-refractivity contribution in [1.82, 2.24) is 15.3 Å². The van der Waals surface area contributed by atoms with E-state index in [1.807, 2.05) is 18.2 Å². The van der Waals surface area contributed by atoms with E-state index in [2.05, 4.69) is 41.4 Å². The molecule has 5 heteroatoms. The molecule has 0 spiro atoms. The van der Waals surface area contributed by atoms with Gasteiger partial charge in [-0.2, -0.15) is 0 Å². The molecule has 0 aliphatic carbocycles. The van der Waals surface area contributed by atoms with Crippen molar-refractivity contribution in [1.29, 1.82) is 0 Å². The molecule has 2 heterocycles. The molecule has 2 N–H and O–H groups in total. The number of aliphatic hydroxyl groups is 1. The Morgan fingerprint density at radius 2 is 2.14 bits per heavy atom. The van der Waals surface area contributed by atoms with Crippen LogP contribution in [0.2, 0.25) is 0 Å². The summed E-state index contributed by atoms with van der Waals surface area (Å²) in [7, 11) is 0. The van der Waals surface area contributed by atoms with Gasteiger partial charge in [-0.05, 0) is 24.0 Å². The van der Waals surface area contributed by atoms with Crippen LogP contribution in [-0.4, -0.2) is 27.7 Å². The Kier molecular flexibility index (Phi) is 5.45. The van der Waals surface area contributed by atoms with E-state index in [0.717, 1.165) is 22.8 Å². The average molecular weight is 305 g/mol. The van der Waals surface area contributed by atoms with Crippen molar-refractivity contribution < 1.29 is 5.11 Å². The Morgan fingerprint density at radius 3 is 2.76 bits per heavy atom. The van der Waals surface area contributed by atoms with Crippen molar-refractivity contribution in [3.8, 4) is 10.7 Å². The lowest BCUT2D eigenvalue weighted by Gasteiger charge is -2.31. The first-order valence-electron chi connectivity index (χ1n) is 7.21. The quantitative estimate of drug-likeness (QED) is 0.861. The summed E-state index contributed by atoms with van der Waals surface area (Å²) in [6, 6.07) is 6.11. The minimum atomic E-state index is 0.114. The first kappa shape index (κ1) is 16.1. The molecule has 0 fully saturated rings. The van der Waals surface area contributed by atoms with E-state index < -0.39 is 0 Å². The number of hydrogen-bond donors (Lipinski definition) is 2. The lowest BCUT2D eigenvalue weighted by atomic mass is 9.85. The van der Waals surface area contributed by atoms with Crippen molar-refractivity contribution in [2.24, 2.45) is 5.41 Å². The van der Waals surface area contributed by atoms with E-state index >= 15 is 0 Å². The lowest BCUT2D eigenvalue weighted by Crippen LogP contribution is -2.40. The van der Waals surface area contributed by atoms with Crippen LogP contribution in [0.3, 0.4) is 0 Å². The van der Waals surface area contributed by atoms with Gasteiger partial charge in [0.15, 0.2) is 0 Å². The van der Waals surface area contributed by atoms with E-state index in [1.165, 1.54) is 0 Å². The standard InChI is InChI=1S/C16H23N3OS/c1-16(2,3)14(7-9-20)18-10-12-11-21-15(19-12)13-6-4-5-8-17-13/h4-6,8,11,14,18,20H,7,9-10H2,1-3H3. The maximum Gasteiger partial charge on any atom is 0.142 e. The highest BCUT2D eigenvalue weighted by Crippen LogP contribution is 2.24. The third-order valence-corrected chi connectivity index (χ3v) is 4.34. The Labute approximate surface area is 130 Å². The number of rotatable bonds is 6. The first-order valence-corrected chi connectivity index (χ1v) is 8.08. The summed E-state index contributed by atoms with van der Waals surface area (Å²) < 4.78 is 0. The predicted molar refractivity (Wildman–Crippen MR) is 87.1 cm³/mol. The maximum absolute atomic E-state index is 9.19. The van der Waals surface area contributed by atoms with E-state index in [9.17, 15) is 5.11 Å². The number of hydrogen-bond acceptors (Lipinski definition) is 5. The van der Waals surface area contributed by atoms with Gasteiger partial charge in [-0.15, -0.1) is 11.3 Å². The van der Waals surface area contributed by atoms with Crippen LogP contribution in [0.4, 0.5) is 0 Å². The Bertz CT molecular complexity index is 548. The summed E-state index contributed by atoms with van der Waals surface area (Å²) in [4.78, 5) is 8.95. The normalized spacial score (nSPS) is 13.3. The number of thiazole rings is 1. The van der Waals surface area contributed by atoms with Crippen LogP contribution in [0.1, 0.15) is 32.9 Å². The van der Waals surface area contributed by atoms with Crippen LogP contribution in [0.25, 0.3) is 10.7 Å². The van der Waals surface area contributed by atoms with E-state index in [4.69, 9.17) is 0 Å². The van der Waals surface area contributed by atoms with Crippen molar-refractivity contribution >= 4 is 11.3 Å². The summed E-state index contributed by atoms with van der Waals surface area (Å²) in [6.45, 7) is 7.46. The largest absolute Gasteiger partial charge is 0.396 e. The molecule has 0 aliphatic heterocycles. The lowest BCUT2D eigenvalue weighted by molar-refractivity contribution is 0.196. The zero-order chi connectivity index (χ0) is 15.3. The molecule has 0 bridgehead atoms. The second-order valence-corrected chi connectivity index (χ2v) is 7.03.